The van der Waals surface area contributed by atoms with E-state index in [0.29, 0.717) is 29.7 Å². The number of esters is 1. The number of ether oxygens (including phenoxy) is 1. The zero-order valence-electron chi connectivity index (χ0n) is 18.3. The van der Waals surface area contributed by atoms with Crippen molar-refractivity contribution in [3.05, 3.63) is 57.9 Å². The Morgan fingerprint density at radius 3 is 2.25 bits per heavy atom. The second kappa shape index (κ2) is 8.80. The number of aromatic nitrogens is 1. The molecule has 2 aromatic rings. The monoisotopic (exact) mass is 450 g/mol. The van der Waals surface area contributed by atoms with E-state index in [1.165, 1.54) is 4.90 Å². The lowest BCUT2D eigenvalue weighted by molar-refractivity contribution is -0.137. The number of carbonyl (C=O) groups is 3. The van der Waals surface area contributed by atoms with E-state index in [9.17, 15) is 27.6 Å². The number of nitrogens with zero attached hydrogens (tertiary/aromatic N) is 1. The van der Waals surface area contributed by atoms with Gasteiger partial charge in [-0.05, 0) is 70.4 Å². The molecule has 1 heterocycles. The number of hydrogen-bond donors (Lipinski definition) is 1. The van der Waals surface area contributed by atoms with E-state index in [4.69, 9.17) is 4.74 Å². The minimum atomic E-state index is -4.50. The van der Waals surface area contributed by atoms with Crippen molar-refractivity contribution in [2.45, 2.75) is 58.8 Å². The first-order valence-electron chi connectivity index (χ1n) is 10.4. The van der Waals surface area contributed by atoms with Crippen molar-refractivity contribution in [2.75, 3.05) is 6.61 Å². The molecule has 6 nitrogen and oxygen atoms in total. The normalized spacial score (nSPS) is 14.7. The van der Waals surface area contributed by atoms with Crippen LogP contribution in [0.4, 0.5) is 13.2 Å². The van der Waals surface area contributed by atoms with Crippen LogP contribution < -0.4 is 0 Å². The first kappa shape index (κ1) is 23.6. The smallest absolute Gasteiger partial charge is 0.416 e. The van der Waals surface area contributed by atoms with Gasteiger partial charge in [0, 0.05) is 22.9 Å². The number of halogens is 3. The van der Waals surface area contributed by atoms with Gasteiger partial charge in [-0.25, -0.2) is 4.79 Å². The second-order valence-corrected chi connectivity index (χ2v) is 7.90. The highest BCUT2D eigenvalue weighted by molar-refractivity contribution is 6.07. The third-order valence-corrected chi connectivity index (χ3v) is 5.59. The molecule has 1 aromatic heterocycles. The molecule has 0 bridgehead atoms. The molecule has 1 aliphatic rings. The maximum atomic E-state index is 13.4. The Labute approximate surface area is 183 Å². The molecule has 1 atom stereocenters. The van der Waals surface area contributed by atoms with E-state index in [-0.39, 0.29) is 29.7 Å². The number of alkyl halides is 3. The summed E-state index contributed by atoms with van der Waals surface area (Å²) in [6.45, 7) is 6.76. The molecule has 0 aliphatic heterocycles. The fourth-order valence-corrected chi connectivity index (χ4v) is 3.82. The molecule has 32 heavy (non-hydrogen) atoms. The molecule has 1 N–H and O–H groups in total. The van der Waals surface area contributed by atoms with Crippen LogP contribution in [-0.2, 0) is 10.9 Å². The first-order chi connectivity index (χ1) is 15.0. The predicted octanol–water partition coefficient (Wildman–Crippen LogP) is 4.70. The lowest BCUT2D eigenvalue weighted by atomic mass is 9.99. The lowest BCUT2D eigenvalue weighted by Gasteiger charge is -2.29. The highest BCUT2D eigenvalue weighted by Crippen LogP contribution is 2.33. The van der Waals surface area contributed by atoms with Crippen molar-refractivity contribution in [2.24, 2.45) is 0 Å². The largest absolute Gasteiger partial charge is 0.461 e. The number of aryl methyl sites for hydroxylation is 1. The van der Waals surface area contributed by atoms with Crippen LogP contribution in [0.15, 0.2) is 24.3 Å². The average molecular weight is 450 g/mol. The summed E-state index contributed by atoms with van der Waals surface area (Å²) in [6, 6.07) is 2.95. The molecule has 1 amide bonds. The minimum absolute atomic E-state index is 0.0827. The molecule has 1 unspecified atom stereocenters. The van der Waals surface area contributed by atoms with Gasteiger partial charge in [-0.1, -0.05) is 0 Å². The van der Waals surface area contributed by atoms with Gasteiger partial charge < -0.3 is 14.6 Å². The van der Waals surface area contributed by atoms with Gasteiger partial charge >= 0.3 is 12.1 Å². The molecule has 0 saturated heterocycles. The van der Waals surface area contributed by atoms with Crippen molar-refractivity contribution in [1.82, 2.24) is 9.88 Å². The van der Waals surface area contributed by atoms with E-state index >= 15 is 0 Å². The summed E-state index contributed by atoms with van der Waals surface area (Å²) in [5.41, 5.74) is 0.662. The number of rotatable bonds is 7. The van der Waals surface area contributed by atoms with Gasteiger partial charge in [0.2, 0.25) is 0 Å². The number of Topliss-reactive ketones (excluding diaryl/α,β-unsaturated/α-hetero) is 1. The molecule has 1 aromatic carbocycles. The number of carbonyl (C=O) groups excluding carboxylic acids is 3. The van der Waals surface area contributed by atoms with Crippen LogP contribution in [0.2, 0.25) is 0 Å². The van der Waals surface area contributed by atoms with Crippen molar-refractivity contribution >= 4 is 17.7 Å². The highest BCUT2D eigenvalue weighted by atomic mass is 19.4. The van der Waals surface area contributed by atoms with Crippen molar-refractivity contribution < 1.29 is 32.3 Å². The van der Waals surface area contributed by atoms with Crippen LogP contribution in [0.25, 0.3) is 0 Å². The summed E-state index contributed by atoms with van der Waals surface area (Å²) >= 11 is 0. The number of benzene rings is 1. The van der Waals surface area contributed by atoms with Crippen LogP contribution in [-0.4, -0.2) is 46.2 Å². The molecule has 1 fully saturated rings. The van der Waals surface area contributed by atoms with Gasteiger partial charge in [-0.2, -0.15) is 13.2 Å². The third-order valence-electron chi connectivity index (χ3n) is 5.59. The molecule has 0 spiro atoms. The summed E-state index contributed by atoms with van der Waals surface area (Å²) < 4.78 is 43.6. The fraction of sp³-hybridized carbons (Fsp3) is 0.435. The summed E-state index contributed by atoms with van der Waals surface area (Å²) in [7, 11) is 0. The van der Waals surface area contributed by atoms with Gasteiger partial charge in [0.1, 0.15) is 5.69 Å². The standard InChI is InChI=1S/C23H25F3N2O4/c1-5-32-22(31)19-12(2)18(13(3)27-19)20(29)14(4)28(17-10-11-17)21(30)15-6-8-16(9-7-15)23(24,25)26/h6-9,14,17,27H,5,10-11H2,1-4H3. The van der Waals surface area contributed by atoms with Crippen LogP contribution in [0.1, 0.15) is 74.7 Å². The van der Waals surface area contributed by atoms with Crippen LogP contribution in [0.5, 0.6) is 0 Å². The van der Waals surface area contributed by atoms with Crippen LogP contribution in [0, 0.1) is 13.8 Å². The minimum Gasteiger partial charge on any atom is -0.461 e. The molecule has 0 radical (unpaired) electrons. The Hall–Kier alpha value is -3.10. The van der Waals surface area contributed by atoms with Crippen molar-refractivity contribution in [1.29, 1.82) is 0 Å². The first-order valence-corrected chi connectivity index (χ1v) is 10.4. The van der Waals surface area contributed by atoms with E-state index in [0.717, 1.165) is 24.3 Å². The Morgan fingerprint density at radius 2 is 1.75 bits per heavy atom. The third kappa shape index (κ3) is 4.56. The lowest BCUT2D eigenvalue weighted by Crippen LogP contribution is -2.45. The molecular formula is C23H25F3N2O4. The van der Waals surface area contributed by atoms with Gasteiger partial charge in [0.25, 0.3) is 5.91 Å². The zero-order valence-corrected chi connectivity index (χ0v) is 18.3. The summed E-state index contributed by atoms with van der Waals surface area (Å²) in [6.07, 6.45) is -3.08. The van der Waals surface area contributed by atoms with Gasteiger partial charge in [-0.15, -0.1) is 0 Å². The van der Waals surface area contributed by atoms with E-state index in [2.05, 4.69) is 4.98 Å². The predicted molar refractivity (Wildman–Crippen MR) is 111 cm³/mol. The zero-order chi connectivity index (χ0) is 23.8. The number of amides is 1. The number of hydrogen-bond acceptors (Lipinski definition) is 4. The van der Waals surface area contributed by atoms with Crippen molar-refractivity contribution in [3.8, 4) is 0 Å². The SMILES string of the molecule is CCOC(=O)c1[nH]c(C)c(C(=O)C(C)N(C(=O)c2ccc(C(F)(F)F)cc2)C2CC2)c1C. The van der Waals surface area contributed by atoms with Gasteiger partial charge in [-0.3, -0.25) is 9.59 Å². The van der Waals surface area contributed by atoms with Gasteiger partial charge in [0.05, 0.1) is 18.2 Å². The number of H-pyrrole nitrogens is 1. The van der Waals surface area contributed by atoms with Crippen LogP contribution in [0.3, 0.4) is 0 Å². The Kier molecular flexibility index (Phi) is 6.48. The second-order valence-electron chi connectivity index (χ2n) is 7.90. The quantitative estimate of drug-likeness (QED) is 0.490. The number of nitrogens with one attached hydrogen (secondary N) is 1. The fourth-order valence-electron chi connectivity index (χ4n) is 3.82. The van der Waals surface area contributed by atoms with Gasteiger partial charge in [0.15, 0.2) is 5.78 Å². The molecule has 172 valence electrons. The average Bonchev–Trinajstić information content (AvgIpc) is 3.51. The highest BCUT2D eigenvalue weighted by Gasteiger charge is 2.40. The summed E-state index contributed by atoms with van der Waals surface area (Å²) in [4.78, 5) is 43.0. The van der Waals surface area contributed by atoms with E-state index < -0.39 is 29.7 Å². The van der Waals surface area contributed by atoms with E-state index in [1.54, 1.807) is 27.7 Å². The Bertz CT molecular complexity index is 1040. The molecule has 1 saturated carbocycles. The molecule has 1 aliphatic carbocycles. The maximum Gasteiger partial charge on any atom is 0.416 e. The number of ketones is 1. The van der Waals surface area contributed by atoms with Crippen LogP contribution >= 0.6 is 0 Å². The topological polar surface area (TPSA) is 79.5 Å². The molecular weight excluding hydrogens is 425 g/mol. The maximum absolute atomic E-state index is 13.4. The Balaban J connectivity index is 1.89. The number of aromatic amines is 1. The molecule has 9 heteroatoms. The molecule has 3 rings (SSSR count). The summed E-state index contributed by atoms with van der Waals surface area (Å²) in [5, 5.41) is 0. The van der Waals surface area contributed by atoms with Crippen molar-refractivity contribution in [3.63, 3.8) is 0 Å². The van der Waals surface area contributed by atoms with E-state index in [1.807, 2.05) is 0 Å². The summed E-state index contributed by atoms with van der Waals surface area (Å²) in [5.74, 6) is -1.42. The Morgan fingerprint density at radius 1 is 1.16 bits per heavy atom.